The van der Waals surface area contributed by atoms with Crippen LogP contribution < -0.4 is 10.1 Å². The molecule has 1 aliphatic heterocycles. The lowest BCUT2D eigenvalue weighted by Gasteiger charge is -2.30. The number of halogens is 2. The molecule has 0 saturated carbocycles. The van der Waals surface area contributed by atoms with Crippen molar-refractivity contribution < 1.29 is 9.84 Å². The van der Waals surface area contributed by atoms with Gasteiger partial charge in [0.1, 0.15) is 11.6 Å². The molecule has 0 aliphatic carbocycles. The number of aliphatic hydroxyl groups is 1. The molecule has 3 rings (SSSR count). The van der Waals surface area contributed by atoms with Crippen LogP contribution in [0.1, 0.15) is 26.3 Å². The molecule has 25 heavy (non-hydrogen) atoms. The molecule has 1 aliphatic rings. The quantitative estimate of drug-likeness (QED) is 0.825. The summed E-state index contributed by atoms with van der Waals surface area (Å²) in [5.41, 5.74) is 1.02. The number of β-amino-alcohol motifs (C(OH)–C–C–N with tert-alkyl or cyclic N) is 1. The number of hydrogen-bond acceptors (Lipinski definition) is 4. The average Bonchev–Trinajstić information content (AvgIpc) is 3.03. The van der Waals surface area contributed by atoms with Crippen molar-refractivity contribution in [2.45, 2.75) is 32.4 Å². The van der Waals surface area contributed by atoms with Crippen molar-refractivity contribution in [3.05, 3.63) is 36.7 Å². The number of aromatic nitrogens is 2. The number of benzene rings is 1. The van der Waals surface area contributed by atoms with Crippen LogP contribution in [0.15, 0.2) is 36.7 Å². The molecule has 5 nitrogen and oxygen atoms in total. The van der Waals surface area contributed by atoms with Gasteiger partial charge in [-0.05, 0) is 31.0 Å². The number of imidazole rings is 1. The molecule has 1 fully saturated rings. The summed E-state index contributed by atoms with van der Waals surface area (Å²) >= 11 is 0. The minimum Gasteiger partial charge on any atom is -0.493 e. The zero-order valence-electron chi connectivity index (χ0n) is 14.6. The van der Waals surface area contributed by atoms with E-state index in [-0.39, 0.29) is 30.9 Å². The van der Waals surface area contributed by atoms with Crippen LogP contribution in [0.25, 0.3) is 11.4 Å². The first kappa shape index (κ1) is 21.8. The maximum atomic E-state index is 10.3. The van der Waals surface area contributed by atoms with Crippen molar-refractivity contribution in [2.75, 3.05) is 19.7 Å². The van der Waals surface area contributed by atoms with Crippen LogP contribution in [0.4, 0.5) is 0 Å². The maximum absolute atomic E-state index is 10.3. The van der Waals surface area contributed by atoms with Gasteiger partial charge in [-0.3, -0.25) is 0 Å². The van der Waals surface area contributed by atoms with Gasteiger partial charge in [0, 0.05) is 24.5 Å². The Morgan fingerprint density at radius 1 is 1.36 bits per heavy atom. The molecule has 2 aromatic rings. The minimum absolute atomic E-state index is 0. The molecule has 0 amide bonds. The van der Waals surface area contributed by atoms with E-state index in [9.17, 15) is 5.11 Å². The lowest BCUT2D eigenvalue weighted by Crippen LogP contribution is -2.41. The number of rotatable bonds is 5. The van der Waals surface area contributed by atoms with E-state index in [1.54, 1.807) is 6.20 Å². The predicted molar refractivity (Wildman–Crippen MR) is 105 cm³/mol. The van der Waals surface area contributed by atoms with Crippen molar-refractivity contribution in [3.8, 4) is 17.1 Å². The van der Waals surface area contributed by atoms with Crippen LogP contribution in [0.3, 0.4) is 0 Å². The number of aliphatic hydroxyl groups excluding tert-OH is 1. The molecule has 0 unspecified atom stereocenters. The molecule has 7 heteroatoms. The Morgan fingerprint density at radius 2 is 2.16 bits per heavy atom. The Kier molecular flexibility index (Phi) is 8.73. The first-order valence-corrected chi connectivity index (χ1v) is 8.30. The molecule has 0 spiro atoms. The van der Waals surface area contributed by atoms with Crippen molar-refractivity contribution in [3.63, 3.8) is 0 Å². The van der Waals surface area contributed by atoms with E-state index >= 15 is 0 Å². The summed E-state index contributed by atoms with van der Waals surface area (Å²) in [6.45, 7) is 6.51. The SMILES string of the molecule is CC(C)COc1cccc(-c2nccn2[C@H]2CCNC[C@@H]2O)c1.Cl.Cl. The second kappa shape index (κ2) is 10.0. The molecule has 1 saturated heterocycles. The van der Waals surface area contributed by atoms with Gasteiger partial charge in [-0.15, -0.1) is 24.8 Å². The fraction of sp³-hybridized carbons (Fsp3) is 0.500. The van der Waals surface area contributed by atoms with Crippen LogP contribution in [0, 0.1) is 5.92 Å². The summed E-state index contributed by atoms with van der Waals surface area (Å²) in [4.78, 5) is 4.51. The molecule has 2 N–H and O–H groups in total. The monoisotopic (exact) mass is 387 g/mol. The van der Waals surface area contributed by atoms with E-state index in [0.717, 1.165) is 30.1 Å². The standard InChI is InChI=1S/C18H25N3O2.2ClH/c1-13(2)12-23-15-5-3-4-14(10-15)18-20-8-9-21(18)16-6-7-19-11-17(16)22;;/h3-5,8-10,13,16-17,19,22H,6-7,11-12H2,1-2H3;2*1H/t16-,17-;;/m0../s1. The van der Waals surface area contributed by atoms with E-state index in [1.165, 1.54) is 0 Å². The van der Waals surface area contributed by atoms with Gasteiger partial charge in [0.25, 0.3) is 0 Å². The Bertz CT molecular complexity index is 649. The van der Waals surface area contributed by atoms with Gasteiger partial charge in [0.15, 0.2) is 0 Å². The highest BCUT2D eigenvalue weighted by Crippen LogP contribution is 2.28. The summed E-state index contributed by atoms with van der Waals surface area (Å²) in [6, 6.07) is 8.08. The highest BCUT2D eigenvalue weighted by molar-refractivity contribution is 5.85. The molecule has 2 atom stereocenters. The van der Waals surface area contributed by atoms with E-state index in [4.69, 9.17) is 4.74 Å². The van der Waals surface area contributed by atoms with Crippen LogP contribution in [0.5, 0.6) is 5.75 Å². The van der Waals surface area contributed by atoms with Gasteiger partial charge in [0.05, 0.1) is 18.8 Å². The Balaban J connectivity index is 0.00000156. The van der Waals surface area contributed by atoms with Gasteiger partial charge in [-0.1, -0.05) is 26.0 Å². The largest absolute Gasteiger partial charge is 0.493 e. The zero-order valence-corrected chi connectivity index (χ0v) is 16.2. The second-order valence-corrected chi connectivity index (χ2v) is 6.52. The highest BCUT2D eigenvalue weighted by atomic mass is 35.5. The summed E-state index contributed by atoms with van der Waals surface area (Å²) < 4.78 is 7.91. The second-order valence-electron chi connectivity index (χ2n) is 6.52. The van der Waals surface area contributed by atoms with Crippen molar-refractivity contribution >= 4 is 24.8 Å². The zero-order chi connectivity index (χ0) is 16.2. The minimum atomic E-state index is -0.392. The molecule has 140 valence electrons. The van der Waals surface area contributed by atoms with Crippen LogP contribution in [-0.2, 0) is 0 Å². The van der Waals surface area contributed by atoms with Crippen molar-refractivity contribution in [2.24, 2.45) is 5.92 Å². The van der Waals surface area contributed by atoms with Crippen LogP contribution >= 0.6 is 24.8 Å². The van der Waals surface area contributed by atoms with Gasteiger partial charge in [-0.25, -0.2) is 4.98 Å². The summed E-state index contributed by atoms with van der Waals surface area (Å²) in [7, 11) is 0. The van der Waals surface area contributed by atoms with E-state index in [1.807, 2.05) is 30.5 Å². The molecule has 1 aromatic carbocycles. The third-order valence-corrected chi connectivity index (χ3v) is 4.12. The number of nitrogens with zero attached hydrogens (tertiary/aromatic N) is 2. The Labute approximate surface area is 161 Å². The topological polar surface area (TPSA) is 59.3 Å². The summed E-state index contributed by atoms with van der Waals surface area (Å²) in [5.74, 6) is 2.23. The first-order chi connectivity index (χ1) is 11.1. The van der Waals surface area contributed by atoms with E-state index in [2.05, 4.69) is 28.7 Å². The maximum Gasteiger partial charge on any atom is 0.140 e. The van der Waals surface area contributed by atoms with Crippen LogP contribution in [0.2, 0.25) is 0 Å². The van der Waals surface area contributed by atoms with Gasteiger partial charge >= 0.3 is 0 Å². The molecular formula is C18H27Cl2N3O2. The summed E-state index contributed by atoms with van der Waals surface area (Å²) in [5, 5.41) is 13.5. The smallest absolute Gasteiger partial charge is 0.140 e. The third-order valence-electron chi connectivity index (χ3n) is 4.12. The summed E-state index contributed by atoms with van der Waals surface area (Å²) in [6.07, 6.45) is 4.26. The van der Waals surface area contributed by atoms with Crippen LogP contribution in [-0.4, -0.2) is 40.5 Å². The fourth-order valence-corrected chi connectivity index (χ4v) is 2.94. The number of nitrogens with one attached hydrogen (secondary N) is 1. The van der Waals surface area contributed by atoms with Gasteiger partial charge < -0.3 is 19.7 Å². The lowest BCUT2D eigenvalue weighted by molar-refractivity contribution is 0.0880. The Hall–Kier alpha value is -1.27. The predicted octanol–water partition coefficient (Wildman–Crippen LogP) is 3.32. The Morgan fingerprint density at radius 3 is 2.88 bits per heavy atom. The van der Waals surface area contributed by atoms with E-state index in [0.29, 0.717) is 19.1 Å². The van der Waals surface area contributed by atoms with Gasteiger partial charge in [0.2, 0.25) is 0 Å². The third kappa shape index (κ3) is 5.35. The number of hydrogen-bond donors (Lipinski definition) is 2. The van der Waals surface area contributed by atoms with Crippen molar-refractivity contribution in [1.29, 1.82) is 0 Å². The number of ether oxygens (including phenoxy) is 1. The van der Waals surface area contributed by atoms with Gasteiger partial charge in [-0.2, -0.15) is 0 Å². The van der Waals surface area contributed by atoms with E-state index < -0.39 is 6.10 Å². The molecule has 0 radical (unpaired) electrons. The lowest BCUT2D eigenvalue weighted by atomic mass is 10.0. The normalized spacial score (nSPS) is 19.8. The van der Waals surface area contributed by atoms with Crippen molar-refractivity contribution in [1.82, 2.24) is 14.9 Å². The molecule has 0 bridgehead atoms. The molecule has 2 heterocycles. The number of piperidine rings is 1. The highest BCUT2D eigenvalue weighted by Gasteiger charge is 2.26. The average molecular weight is 388 g/mol. The molecule has 1 aromatic heterocycles. The fourth-order valence-electron chi connectivity index (χ4n) is 2.94. The molecular weight excluding hydrogens is 361 g/mol. The first-order valence-electron chi connectivity index (χ1n) is 8.30.